The highest BCUT2D eigenvalue weighted by Gasteiger charge is 2.28. The second kappa shape index (κ2) is 11.8. The molecule has 2 saturated heterocycles. The number of ether oxygens (including phenoxy) is 1. The van der Waals surface area contributed by atoms with Crippen LogP contribution in [0, 0.1) is 12.7 Å². The lowest BCUT2D eigenvalue weighted by Crippen LogP contribution is -2.48. The molecule has 176 valence electrons. The molecule has 0 aromatic carbocycles. The average Bonchev–Trinajstić information content (AvgIpc) is 3.43. The van der Waals surface area contributed by atoms with Gasteiger partial charge in [0, 0.05) is 52.0 Å². The highest BCUT2D eigenvalue weighted by molar-refractivity contribution is 14.0. The van der Waals surface area contributed by atoms with Crippen molar-refractivity contribution < 1.29 is 13.5 Å². The van der Waals surface area contributed by atoms with Crippen molar-refractivity contribution in [2.24, 2.45) is 4.99 Å². The van der Waals surface area contributed by atoms with Crippen LogP contribution in [0.4, 0.5) is 10.2 Å². The summed E-state index contributed by atoms with van der Waals surface area (Å²) in [5.41, 5.74) is 0. The van der Waals surface area contributed by atoms with Crippen molar-refractivity contribution in [1.29, 1.82) is 0 Å². The molecule has 2 aliphatic rings. The molecular formula is C22H32FIN6O2. The van der Waals surface area contributed by atoms with Crippen LogP contribution in [0.2, 0.25) is 0 Å². The van der Waals surface area contributed by atoms with Crippen LogP contribution in [0.3, 0.4) is 0 Å². The Balaban J connectivity index is 0.00000289. The maximum absolute atomic E-state index is 14.1. The number of guanidine groups is 1. The first-order valence-corrected chi connectivity index (χ1v) is 10.8. The second-order valence-corrected chi connectivity index (χ2v) is 7.95. The van der Waals surface area contributed by atoms with Crippen LogP contribution in [0.1, 0.15) is 24.0 Å². The molecule has 0 saturated carbocycles. The summed E-state index contributed by atoms with van der Waals surface area (Å²) in [6.07, 6.45) is 2.52. The van der Waals surface area contributed by atoms with Gasteiger partial charge in [0.15, 0.2) is 17.6 Å². The molecule has 32 heavy (non-hydrogen) atoms. The number of pyridine rings is 1. The van der Waals surface area contributed by atoms with Gasteiger partial charge >= 0.3 is 0 Å². The molecule has 2 aliphatic heterocycles. The number of hydrogen-bond acceptors (Lipinski definition) is 6. The normalized spacial score (nSPS) is 20.7. The van der Waals surface area contributed by atoms with E-state index in [1.807, 2.05) is 24.0 Å². The van der Waals surface area contributed by atoms with Crippen LogP contribution >= 0.6 is 24.0 Å². The van der Waals surface area contributed by atoms with Crippen molar-refractivity contribution in [3.63, 3.8) is 0 Å². The molecule has 0 amide bonds. The Morgan fingerprint density at radius 2 is 2.09 bits per heavy atom. The van der Waals surface area contributed by atoms with Crippen LogP contribution in [0.15, 0.2) is 39.9 Å². The number of rotatable bonds is 6. The predicted octanol–water partition coefficient (Wildman–Crippen LogP) is 2.56. The average molecular weight is 558 g/mol. The summed E-state index contributed by atoms with van der Waals surface area (Å²) in [5.74, 6) is 2.71. The zero-order valence-corrected chi connectivity index (χ0v) is 20.9. The fourth-order valence-electron chi connectivity index (χ4n) is 4.19. The van der Waals surface area contributed by atoms with Gasteiger partial charge in [0.25, 0.3) is 0 Å². The molecule has 10 heteroatoms. The SMILES string of the molecule is CN=C(NCC(c1ccc(C)o1)N1CCOCC1)NC1CCN(c2ncccc2F)C1.I. The van der Waals surface area contributed by atoms with Crippen LogP contribution in [-0.2, 0) is 4.74 Å². The van der Waals surface area contributed by atoms with Gasteiger partial charge in [-0.25, -0.2) is 9.37 Å². The first kappa shape index (κ1) is 24.7. The Labute approximate surface area is 205 Å². The standard InChI is InChI=1S/C22H31FN6O2.HI/c1-16-5-6-20(31-16)19(28-10-12-30-13-11-28)14-26-22(24-2)27-17-7-9-29(15-17)21-18(23)4-3-8-25-21;/h3-6,8,17,19H,7,9-15H2,1-2H3,(H2,24,26,27);1H. The van der Waals surface area contributed by atoms with Gasteiger partial charge in [0.1, 0.15) is 11.5 Å². The first-order valence-electron chi connectivity index (χ1n) is 10.8. The van der Waals surface area contributed by atoms with Crippen molar-refractivity contribution >= 4 is 35.8 Å². The van der Waals surface area contributed by atoms with Gasteiger partial charge in [-0.3, -0.25) is 9.89 Å². The van der Waals surface area contributed by atoms with Gasteiger partial charge in [-0.15, -0.1) is 24.0 Å². The fourth-order valence-corrected chi connectivity index (χ4v) is 4.19. The van der Waals surface area contributed by atoms with E-state index in [9.17, 15) is 4.39 Å². The van der Waals surface area contributed by atoms with E-state index in [0.29, 0.717) is 18.9 Å². The third-order valence-electron chi connectivity index (χ3n) is 5.83. The highest BCUT2D eigenvalue weighted by atomic mass is 127. The quantitative estimate of drug-likeness (QED) is 0.321. The third-order valence-corrected chi connectivity index (χ3v) is 5.83. The number of hydrogen-bond donors (Lipinski definition) is 2. The molecule has 0 radical (unpaired) electrons. The largest absolute Gasteiger partial charge is 0.465 e. The Morgan fingerprint density at radius 1 is 1.28 bits per heavy atom. The summed E-state index contributed by atoms with van der Waals surface area (Å²) >= 11 is 0. The van der Waals surface area contributed by atoms with Crippen LogP contribution in [0.25, 0.3) is 0 Å². The number of nitrogens with zero attached hydrogens (tertiary/aromatic N) is 4. The number of aromatic nitrogens is 1. The van der Waals surface area contributed by atoms with Gasteiger partial charge in [0.05, 0.1) is 19.3 Å². The maximum Gasteiger partial charge on any atom is 0.191 e. The van der Waals surface area contributed by atoms with E-state index >= 15 is 0 Å². The zero-order chi connectivity index (χ0) is 21.6. The Hall–Kier alpha value is -1.92. The van der Waals surface area contributed by atoms with E-state index in [1.165, 1.54) is 6.07 Å². The van der Waals surface area contributed by atoms with Crippen LogP contribution < -0.4 is 15.5 Å². The molecule has 2 aromatic rings. The number of morpholine rings is 1. The molecular weight excluding hydrogens is 526 g/mol. The number of aliphatic imine (C=N–C) groups is 1. The fraction of sp³-hybridized carbons (Fsp3) is 0.545. The minimum atomic E-state index is -0.284. The summed E-state index contributed by atoms with van der Waals surface area (Å²) in [5, 5.41) is 6.93. The monoisotopic (exact) mass is 558 g/mol. The molecule has 2 aromatic heterocycles. The van der Waals surface area contributed by atoms with Crippen molar-refractivity contribution in [2.45, 2.75) is 25.4 Å². The summed E-state index contributed by atoms with van der Waals surface area (Å²) in [6.45, 7) is 7.25. The highest BCUT2D eigenvalue weighted by Crippen LogP contribution is 2.24. The molecule has 2 fully saturated rings. The van der Waals surface area contributed by atoms with E-state index in [-0.39, 0.29) is 41.9 Å². The molecule has 0 spiro atoms. The number of halogens is 2. The van der Waals surface area contributed by atoms with Crippen LogP contribution in [0.5, 0.6) is 0 Å². The first-order chi connectivity index (χ1) is 15.1. The van der Waals surface area contributed by atoms with E-state index in [0.717, 1.165) is 56.7 Å². The minimum absolute atomic E-state index is 0. The van der Waals surface area contributed by atoms with E-state index < -0.39 is 0 Å². The van der Waals surface area contributed by atoms with Gasteiger partial charge in [-0.05, 0) is 37.6 Å². The second-order valence-electron chi connectivity index (χ2n) is 7.95. The van der Waals surface area contributed by atoms with E-state index in [1.54, 1.807) is 19.3 Å². The van der Waals surface area contributed by atoms with Crippen molar-refractivity contribution in [2.75, 3.05) is 57.9 Å². The maximum atomic E-state index is 14.1. The Kier molecular flexibility index (Phi) is 9.11. The number of furan rings is 1. The lowest BCUT2D eigenvalue weighted by atomic mass is 10.1. The third kappa shape index (κ3) is 6.10. The molecule has 2 atom stereocenters. The smallest absolute Gasteiger partial charge is 0.191 e. The lowest BCUT2D eigenvalue weighted by Gasteiger charge is -2.33. The van der Waals surface area contributed by atoms with Crippen molar-refractivity contribution in [1.82, 2.24) is 20.5 Å². The molecule has 2 N–H and O–H groups in total. The summed E-state index contributed by atoms with van der Waals surface area (Å²) in [6, 6.07) is 7.37. The summed E-state index contributed by atoms with van der Waals surface area (Å²) in [7, 11) is 1.77. The van der Waals surface area contributed by atoms with Gasteiger partial charge in [-0.2, -0.15) is 0 Å². The molecule has 2 unspecified atom stereocenters. The summed E-state index contributed by atoms with van der Waals surface area (Å²) < 4.78 is 25.5. The number of aryl methyl sites for hydroxylation is 1. The minimum Gasteiger partial charge on any atom is -0.465 e. The van der Waals surface area contributed by atoms with Crippen LogP contribution in [-0.4, -0.2) is 74.9 Å². The molecule has 4 heterocycles. The lowest BCUT2D eigenvalue weighted by molar-refractivity contribution is 0.0124. The molecule has 4 rings (SSSR count). The van der Waals surface area contributed by atoms with Gasteiger partial charge in [0.2, 0.25) is 0 Å². The molecule has 0 bridgehead atoms. The zero-order valence-electron chi connectivity index (χ0n) is 18.6. The van der Waals surface area contributed by atoms with Crippen molar-refractivity contribution in [3.8, 4) is 0 Å². The van der Waals surface area contributed by atoms with E-state index in [4.69, 9.17) is 9.15 Å². The Bertz CT molecular complexity index is 889. The van der Waals surface area contributed by atoms with Gasteiger partial charge < -0.3 is 24.7 Å². The number of nitrogens with one attached hydrogen (secondary N) is 2. The molecule has 0 aliphatic carbocycles. The van der Waals surface area contributed by atoms with Gasteiger partial charge in [-0.1, -0.05) is 0 Å². The predicted molar refractivity (Wildman–Crippen MR) is 133 cm³/mol. The molecule has 8 nitrogen and oxygen atoms in total. The Morgan fingerprint density at radius 3 is 2.78 bits per heavy atom. The summed E-state index contributed by atoms with van der Waals surface area (Å²) in [4.78, 5) is 12.9. The topological polar surface area (TPSA) is 78.2 Å². The van der Waals surface area contributed by atoms with E-state index in [2.05, 4.69) is 25.5 Å². The number of anilines is 1. The van der Waals surface area contributed by atoms with Crippen molar-refractivity contribution in [3.05, 3.63) is 47.8 Å².